The summed E-state index contributed by atoms with van der Waals surface area (Å²) < 4.78 is 36.2. The molecule has 1 N–H and O–H groups in total. The first-order chi connectivity index (χ1) is 6.15. The van der Waals surface area contributed by atoms with Gasteiger partial charge < -0.3 is 4.18 Å². The summed E-state index contributed by atoms with van der Waals surface area (Å²) in [6.07, 6.45) is 0.515. The molecule has 1 aromatic rings. The molecular formula is C8H9FO3S. The van der Waals surface area contributed by atoms with E-state index < -0.39 is 17.2 Å². The molecule has 72 valence electrons. The van der Waals surface area contributed by atoms with Gasteiger partial charge in [-0.05, 0) is 18.1 Å². The second-order valence-corrected chi connectivity index (χ2v) is 2.98. The summed E-state index contributed by atoms with van der Waals surface area (Å²) in [6, 6.07) is 4.48. The number of aryl methyl sites for hydroxylation is 1. The van der Waals surface area contributed by atoms with Gasteiger partial charge in [0.25, 0.3) is 0 Å². The standard InChI is InChI=1S/C8H9FO3S/c1-2-6-4-3-5-7(8(6)9)12-13(10)11/h3-5H,2H2,1H3,(H,10,11). The smallest absolute Gasteiger partial charge is 0.357 e. The molecule has 0 aliphatic rings. The molecule has 0 heterocycles. The zero-order chi connectivity index (χ0) is 9.84. The lowest BCUT2D eigenvalue weighted by atomic mass is 10.1. The third-order valence-electron chi connectivity index (χ3n) is 1.59. The molecule has 5 heteroatoms. The molecule has 1 unspecified atom stereocenters. The van der Waals surface area contributed by atoms with Crippen molar-refractivity contribution in [2.24, 2.45) is 0 Å². The monoisotopic (exact) mass is 204 g/mol. The van der Waals surface area contributed by atoms with Gasteiger partial charge in [0.15, 0.2) is 11.6 Å². The maximum absolute atomic E-state index is 13.3. The molecule has 0 aliphatic heterocycles. The van der Waals surface area contributed by atoms with Crippen molar-refractivity contribution in [2.75, 3.05) is 0 Å². The molecule has 0 amide bonds. The Morgan fingerprint density at radius 2 is 2.31 bits per heavy atom. The Bertz CT molecular complexity index is 327. The normalized spacial score (nSPS) is 12.5. The molecule has 13 heavy (non-hydrogen) atoms. The van der Waals surface area contributed by atoms with Gasteiger partial charge in [-0.2, -0.15) is 4.21 Å². The Morgan fingerprint density at radius 3 is 2.85 bits per heavy atom. The van der Waals surface area contributed by atoms with Crippen molar-refractivity contribution in [3.05, 3.63) is 29.6 Å². The topological polar surface area (TPSA) is 46.5 Å². The van der Waals surface area contributed by atoms with Crippen LogP contribution in [0.3, 0.4) is 0 Å². The first-order valence-electron chi connectivity index (χ1n) is 3.71. The predicted octanol–water partition coefficient (Wildman–Crippen LogP) is 1.90. The lowest BCUT2D eigenvalue weighted by Gasteiger charge is -2.04. The summed E-state index contributed by atoms with van der Waals surface area (Å²) in [5.74, 6) is -0.771. The Labute approximate surface area is 78.0 Å². The SMILES string of the molecule is CCc1cccc(OS(=O)O)c1F. The number of hydrogen-bond donors (Lipinski definition) is 1. The summed E-state index contributed by atoms with van der Waals surface area (Å²) >= 11 is -2.48. The summed E-state index contributed by atoms with van der Waals surface area (Å²) in [5.41, 5.74) is 0.461. The van der Waals surface area contributed by atoms with Crippen molar-refractivity contribution >= 4 is 11.4 Å². The molecule has 1 atom stereocenters. The molecule has 1 rings (SSSR count). The molecule has 0 bridgehead atoms. The fourth-order valence-corrected chi connectivity index (χ4v) is 1.25. The lowest BCUT2D eigenvalue weighted by Crippen LogP contribution is -2.01. The minimum absolute atomic E-state index is 0.194. The average molecular weight is 204 g/mol. The van der Waals surface area contributed by atoms with Crippen LogP contribution in [0.5, 0.6) is 5.75 Å². The maximum Gasteiger partial charge on any atom is 0.357 e. The van der Waals surface area contributed by atoms with E-state index in [-0.39, 0.29) is 5.75 Å². The van der Waals surface area contributed by atoms with Crippen LogP contribution in [0.25, 0.3) is 0 Å². The van der Waals surface area contributed by atoms with Crippen LogP contribution in [-0.2, 0) is 17.8 Å². The van der Waals surface area contributed by atoms with Crippen molar-refractivity contribution in [1.29, 1.82) is 0 Å². The van der Waals surface area contributed by atoms with E-state index in [1.807, 2.05) is 0 Å². The summed E-state index contributed by atoms with van der Waals surface area (Å²) in [6.45, 7) is 1.79. The number of hydrogen-bond acceptors (Lipinski definition) is 2. The fraction of sp³-hybridized carbons (Fsp3) is 0.250. The van der Waals surface area contributed by atoms with E-state index in [1.54, 1.807) is 19.1 Å². The highest BCUT2D eigenvalue weighted by molar-refractivity contribution is 7.74. The van der Waals surface area contributed by atoms with Crippen LogP contribution >= 0.6 is 0 Å². The third-order valence-corrected chi connectivity index (χ3v) is 1.91. The average Bonchev–Trinajstić information content (AvgIpc) is 2.08. The van der Waals surface area contributed by atoms with Crippen LogP contribution in [0.15, 0.2) is 18.2 Å². The Hall–Kier alpha value is -0.940. The van der Waals surface area contributed by atoms with Crippen LogP contribution in [-0.4, -0.2) is 8.76 Å². The highest BCUT2D eigenvalue weighted by atomic mass is 32.2. The van der Waals surface area contributed by atoms with Gasteiger partial charge in [-0.25, -0.2) is 4.39 Å². The zero-order valence-electron chi connectivity index (χ0n) is 6.99. The Morgan fingerprint density at radius 1 is 1.62 bits per heavy atom. The van der Waals surface area contributed by atoms with E-state index in [0.717, 1.165) is 0 Å². The van der Waals surface area contributed by atoms with Crippen molar-refractivity contribution in [3.63, 3.8) is 0 Å². The van der Waals surface area contributed by atoms with Crippen LogP contribution in [0, 0.1) is 5.82 Å². The quantitative estimate of drug-likeness (QED) is 0.765. The predicted molar refractivity (Wildman–Crippen MR) is 47.2 cm³/mol. The van der Waals surface area contributed by atoms with Gasteiger partial charge in [0, 0.05) is 0 Å². The second kappa shape index (κ2) is 4.34. The number of rotatable bonds is 3. The molecule has 0 spiro atoms. The largest absolute Gasteiger partial charge is 0.377 e. The minimum Gasteiger partial charge on any atom is -0.377 e. The molecule has 0 fully saturated rings. The van der Waals surface area contributed by atoms with Crippen LogP contribution in [0.1, 0.15) is 12.5 Å². The number of benzene rings is 1. The molecular weight excluding hydrogens is 195 g/mol. The third kappa shape index (κ3) is 2.50. The van der Waals surface area contributed by atoms with Crippen molar-refractivity contribution < 1.29 is 17.3 Å². The number of halogens is 1. The van der Waals surface area contributed by atoms with E-state index >= 15 is 0 Å². The zero-order valence-corrected chi connectivity index (χ0v) is 7.81. The molecule has 1 aromatic carbocycles. The summed E-state index contributed by atoms with van der Waals surface area (Å²) in [7, 11) is 0. The fourth-order valence-electron chi connectivity index (χ4n) is 0.970. The molecule has 0 saturated carbocycles. The van der Waals surface area contributed by atoms with Gasteiger partial charge in [-0.3, -0.25) is 4.55 Å². The molecule has 0 aliphatic carbocycles. The Kier molecular flexibility index (Phi) is 3.39. The summed E-state index contributed by atoms with van der Waals surface area (Å²) in [4.78, 5) is 0. The van der Waals surface area contributed by atoms with E-state index in [2.05, 4.69) is 4.18 Å². The van der Waals surface area contributed by atoms with Crippen molar-refractivity contribution in [2.45, 2.75) is 13.3 Å². The second-order valence-electron chi connectivity index (χ2n) is 2.38. The van der Waals surface area contributed by atoms with E-state index in [4.69, 9.17) is 4.55 Å². The molecule has 0 saturated heterocycles. The van der Waals surface area contributed by atoms with E-state index in [0.29, 0.717) is 12.0 Å². The Balaban J connectivity index is 3.01. The van der Waals surface area contributed by atoms with Gasteiger partial charge in [-0.15, -0.1) is 0 Å². The summed E-state index contributed by atoms with van der Waals surface area (Å²) in [5, 5.41) is 0. The van der Waals surface area contributed by atoms with E-state index in [1.165, 1.54) is 6.07 Å². The van der Waals surface area contributed by atoms with Gasteiger partial charge in [0.05, 0.1) is 0 Å². The first kappa shape index (κ1) is 10.1. The maximum atomic E-state index is 13.3. The highest BCUT2D eigenvalue weighted by Gasteiger charge is 2.09. The van der Waals surface area contributed by atoms with Crippen LogP contribution in [0.4, 0.5) is 4.39 Å². The van der Waals surface area contributed by atoms with Gasteiger partial charge >= 0.3 is 11.4 Å². The lowest BCUT2D eigenvalue weighted by molar-refractivity contribution is 0.437. The molecule has 0 radical (unpaired) electrons. The van der Waals surface area contributed by atoms with Crippen molar-refractivity contribution in [1.82, 2.24) is 0 Å². The minimum atomic E-state index is -2.48. The van der Waals surface area contributed by atoms with Gasteiger partial charge in [0.2, 0.25) is 0 Å². The molecule has 0 aromatic heterocycles. The van der Waals surface area contributed by atoms with Gasteiger partial charge in [0.1, 0.15) is 0 Å². The van der Waals surface area contributed by atoms with Crippen LogP contribution in [0.2, 0.25) is 0 Å². The first-order valence-corrected chi connectivity index (χ1v) is 4.75. The van der Waals surface area contributed by atoms with Crippen molar-refractivity contribution in [3.8, 4) is 5.75 Å². The van der Waals surface area contributed by atoms with Crippen LogP contribution < -0.4 is 4.18 Å². The molecule has 3 nitrogen and oxygen atoms in total. The van der Waals surface area contributed by atoms with E-state index in [9.17, 15) is 8.60 Å². The highest BCUT2D eigenvalue weighted by Crippen LogP contribution is 2.21. The van der Waals surface area contributed by atoms with Gasteiger partial charge in [-0.1, -0.05) is 19.1 Å².